The van der Waals surface area contributed by atoms with E-state index in [0.717, 1.165) is 12.1 Å². The Morgan fingerprint density at radius 1 is 1.12 bits per heavy atom. The average Bonchev–Trinajstić information content (AvgIpc) is 3.03. The summed E-state index contributed by atoms with van der Waals surface area (Å²) in [6.45, 7) is 7.70. The molecule has 1 aliphatic rings. The third kappa shape index (κ3) is 5.59. The van der Waals surface area contributed by atoms with E-state index < -0.39 is 17.7 Å². The second-order valence-electron chi connectivity index (χ2n) is 9.43. The average molecular weight is 467 g/mol. The van der Waals surface area contributed by atoms with Gasteiger partial charge in [0.15, 0.2) is 0 Å². The fourth-order valence-corrected chi connectivity index (χ4v) is 4.04. The number of aromatic hydroxyl groups is 1. The molecular weight excluding hydrogens is 432 g/mol. The quantitative estimate of drug-likeness (QED) is 0.328. The van der Waals surface area contributed by atoms with Crippen LogP contribution < -0.4 is 4.74 Å². The number of phenols is 1. The number of phenolic OH excluding ortho intramolecular Hbond substituents is 1. The van der Waals surface area contributed by atoms with Gasteiger partial charge in [0.1, 0.15) is 17.3 Å². The second kappa shape index (κ2) is 10.7. The number of nitrogens with zero attached hydrogens (tertiary/aromatic N) is 2. The number of Topliss-reactive ketones (excluding diaryl/α,β-unsaturated/α-hetero) is 1. The lowest BCUT2D eigenvalue weighted by Gasteiger charge is -2.26. The van der Waals surface area contributed by atoms with Crippen LogP contribution in [0.25, 0.3) is 5.76 Å². The molecule has 182 valence electrons. The zero-order valence-electron chi connectivity index (χ0n) is 20.5. The minimum atomic E-state index is -0.736. The van der Waals surface area contributed by atoms with Crippen LogP contribution in [0.2, 0.25) is 0 Å². The Kier molecular flexibility index (Phi) is 7.99. The minimum absolute atomic E-state index is 0.0517. The lowest BCUT2D eigenvalue weighted by atomic mass is 9.94. The van der Waals surface area contributed by atoms with Crippen molar-refractivity contribution in [3.8, 4) is 11.5 Å². The highest BCUT2D eigenvalue weighted by molar-refractivity contribution is 6.46. The van der Waals surface area contributed by atoms with Crippen molar-refractivity contribution in [3.05, 3.63) is 64.7 Å². The smallest absolute Gasteiger partial charge is 0.295 e. The molecule has 0 bridgehead atoms. The van der Waals surface area contributed by atoms with Gasteiger partial charge in [0.2, 0.25) is 0 Å². The predicted octanol–water partition coefficient (Wildman–Crippen LogP) is 4.11. The lowest BCUT2D eigenvalue weighted by Crippen LogP contribution is -2.32. The monoisotopic (exact) mass is 466 g/mol. The number of carbonyl (C=O) groups excluding carboxylic acids is 2. The van der Waals surface area contributed by atoms with E-state index in [4.69, 9.17) is 4.74 Å². The molecule has 7 heteroatoms. The summed E-state index contributed by atoms with van der Waals surface area (Å²) >= 11 is 0. The number of benzene rings is 2. The molecule has 1 aliphatic heterocycles. The van der Waals surface area contributed by atoms with Crippen molar-refractivity contribution in [2.45, 2.75) is 33.2 Å². The summed E-state index contributed by atoms with van der Waals surface area (Å²) in [6.07, 6.45) is 0.676. The zero-order valence-corrected chi connectivity index (χ0v) is 20.5. The second-order valence-corrected chi connectivity index (χ2v) is 9.43. The number of aryl methyl sites for hydroxylation is 1. The third-order valence-electron chi connectivity index (χ3n) is 5.77. The van der Waals surface area contributed by atoms with Gasteiger partial charge < -0.3 is 24.7 Å². The number of likely N-dealkylation sites (tertiary alicyclic amines) is 1. The molecule has 0 radical (unpaired) electrons. The highest BCUT2D eigenvalue weighted by atomic mass is 16.5. The van der Waals surface area contributed by atoms with E-state index in [1.807, 2.05) is 25.9 Å². The molecule has 0 spiro atoms. The molecule has 1 fully saturated rings. The van der Waals surface area contributed by atoms with Crippen LogP contribution in [0.1, 0.15) is 43.0 Å². The Labute approximate surface area is 201 Å². The number of rotatable bonds is 9. The topological polar surface area (TPSA) is 90.3 Å². The molecule has 0 aliphatic carbocycles. The van der Waals surface area contributed by atoms with Crippen molar-refractivity contribution in [2.24, 2.45) is 5.92 Å². The van der Waals surface area contributed by atoms with Gasteiger partial charge in [-0.05, 0) is 81.4 Å². The molecule has 0 saturated carbocycles. The molecule has 1 saturated heterocycles. The Morgan fingerprint density at radius 2 is 1.79 bits per heavy atom. The molecule has 1 unspecified atom stereocenters. The van der Waals surface area contributed by atoms with Gasteiger partial charge in [-0.15, -0.1) is 0 Å². The summed E-state index contributed by atoms with van der Waals surface area (Å²) < 4.78 is 5.82. The van der Waals surface area contributed by atoms with Crippen LogP contribution in [0.4, 0.5) is 0 Å². The standard InChI is InChI=1S/C27H34N2O5/c1-17(2)16-34-22-12-9-20(15-18(22)3)25(31)23-24(19-7-10-21(30)11-8-19)29(27(33)26(23)32)14-6-13-28(4)5/h7-12,15,17,24,30-31H,6,13-14,16H2,1-5H3/b25-23+. The SMILES string of the molecule is Cc1cc(/C(O)=C2\C(=O)C(=O)N(CCCN(C)C)C2c2ccc(O)cc2)ccc1OCC(C)C. The van der Waals surface area contributed by atoms with Gasteiger partial charge in [-0.3, -0.25) is 9.59 Å². The summed E-state index contributed by atoms with van der Waals surface area (Å²) in [7, 11) is 3.89. The van der Waals surface area contributed by atoms with Gasteiger partial charge in [-0.1, -0.05) is 26.0 Å². The summed E-state index contributed by atoms with van der Waals surface area (Å²) in [5, 5.41) is 21.0. The lowest BCUT2D eigenvalue weighted by molar-refractivity contribution is -0.139. The third-order valence-corrected chi connectivity index (χ3v) is 5.77. The molecule has 0 aromatic heterocycles. The van der Waals surface area contributed by atoms with Gasteiger partial charge in [0, 0.05) is 12.1 Å². The minimum Gasteiger partial charge on any atom is -0.508 e. The number of amides is 1. The van der Waals surface area contributed by atoms with Crippen molar-refractivity contribution >= 4 is 17.4 Å². The van der Waals surface area contributed by atoms with Crippen LogP contribution in [0.3, 0.4) is 0 Å². The van der Waals surface area contributed by atoms with E-state index in [0.29, 0.717) is 42.4 Å². The van der Waals surface area contributed by atoms with Crippen LogP contribution in [-0.2, 0) is 9.59 Å². The summed E-state index contributed by atoms with van der Waals surface area (Å²) in [5.74, 6) is -0.387. The molecule has 1 amide bonds. The Bertz CT molecular complexity index is 1070. The Morgan fingerprint density at radius 3 is 2.38 bits per heavy atom. The maximum atomic E-state index is 13.1. The van der Waals surface area contributed by atoms with E-state index in [1.54, 1.807) is 30.3 Å². The van der Waals surface area contributed by atoms with Crippen molar-refractivity contribution < 1.29 is 24.5 Å². The highest BCUT2D eigenvalue weighted by Gasteiger charge is 2.45. The van der Waals surface area contributed by atoms with E-state index >= 15 is 0 Å². The highest BCUT2D eigenvalue weighted by Crippen LogP contribution is 2.40. The maximum absolute atomic E-state index is 13.1. The van der Waals surface area contributed by atoms with E-state index in [-0.39, 0.29) is 17.1 Å². The molecule has 34 heavy (non-hydrogen) atoms. The largest absolute Gasteiger partial charge is 0.508 e. The summed E-state index contributed by atoms with van der Waals surface area (Å²) in [4.78, 5) is 29.6. The number of ether oxygens (including phenoxy) is 1. The Balaban J connectivity index is 2.03. The maximum Gasteiger partial charge on any atom is 0.295 e. The molecule has 1 heterocycles. The first-order valence-corrected chi connectivity index (χ1v) is 11.6. The first kappa shape index (κ1) is 25.3. The van der Waals surface area contributed by atoms with E-state index in [2.05, 4.69) is 13.8 Å². The fourth-order valence-electron chi connectivity index (χ4n) is 4.04. The van der Waals surface area contributed by atoms with Gasteiger partial charge in [0.25, 0.3) is 11.7 Å². The molecule has 2 N–H and O–H groups in total. The molecular formula is C27H34N2O5. The molecule has 3 rings (SSSR count). The van der Waals surface area contributed by atoms with Crippen LogP contribution in [0.15, 0.2) is 48.0 Å². The van der Waals surface area contributed by atoms with Gasteiger partial charge in [-0.25, -0.2) is 0 Å². The first-order chi connectivity index (χ1) is 16.1. The van der Waals surface area contributed by atoms with Crippen LogP contribution in [0.5, 0.6) is 11.5 Å². The van der Waals surface area contributed by atoms with Gasteiger partial charge in [0.05, 0.1) is 18.2 Å². The van der Waals surface area contributed by atoms with Crippen LogP contribution in [0, 0.1) is 12.8 Å². The molecule has 2 aromatic rings. The van der Waals surface area contributed by atoms with Crippen LogP contribution in [-0.4, -0.2) is 65.5 Å². The van der Waals surface area contributed by atoms with Crippen LogP contribution >= 0.6 is 0 Å². The molecule has 2 aromatic carbocycles. The number of aliphatic hydroxyl groups excluding tert-OH is 1. The Hall–Kier alpha value is -3.32. The van der Waals surface area contributed by atoms with E-state index in [1.165, 1.54) is 17.0 Å². The summed E-state index contributed by atoms with van der Waals surface area (Å²) in [6, 6.07) is 10.9. The zero-order chi connectivity index (χ0) is 25.0. The number of hydrogen-bond donors (Lipinski definition) is 2. The molecule has 1 atom stereocenters. The van der Waals surface area contributed by atoms with Gasteiger partial charge >= 0.3 is 0 Å². The number of hydrogen-bond acceptors (Lipinski definition) is 6. The number of carbonyl (C=O) groups is 2. The van der Waals surface area contributed by atoms with Crippen molar-refractivity contribution in [3.63, 3.8) is 0 Å². The fraction of sp³-hybridized carbons (Fsp3) is 0.407. The summed E-state index contributed by atoms with van der Waals surface area (Å²) in [5.41, 5.74) is 1.98. The van der Waals surface area contributed by atoms with Crippen molar-refractivity contribution in [1.29, 1.82) is 0 Å². The van der Waals surface area contributed by atoms with Crippen molar-refractivity contribution in [1.82, 2.24) is 9.80 Å². The van der Waals surface area contributed by atoms with Gasteiger partial charge in [-0.2, -0.15) is 0 Å². The predicted molar refractivity (Wildman–Crippen MR) is 132 cm³/mol. The van der Waals surface area contributed by atoms with E-state index in [9.17, 15) is 19.8 Å². The normalized spacial score (nSPS) is 17.7. The number of ketones is 1. The number of aliphatic hydroxyl groups is 1. The molecule has 7 nitrogen and oxygen atoms in total. The van der Waals surface area contributed by atoms with Crippen molar-refractivity contribution in [2.75, 3.05) is 33.8 Å². The first-order valence-electron chi connectivity index (χ1n) is 11.6.